The van der Waals surface area contributed by atoms with Crippen LogP contribution in [0.25, 0.3) is 0 Å². The van der Waals surface area contributed by atoms with Gasteiger partial charge in [0.25, 0.3) is 5.91 Å². The highest BCUT2D eigenvalue weighted by atomic mass is 79.9. The number of ether oxygens (including phenoxy) is 1. The van der Waals surface area contributed by atoms with Gasteiger partial charge in [-0.1, -0.05) is 40.2 Å². The van der Waals surface area contributed by atoms with Crippen molar-refractivity contribution in [2.75, 3.05) is 19.0 Å². The summed E-state index contributed by atoms with van der Waals surface area (Å²) in [7, 11) is 1.59. The van der Waals surface area contributed by atoms with Gasteiger partial charge >= 0.3 is 0 Å². The van der Waals surface area contributed by atoms with Crippen LogP contribution in [0.3, 0.4) is 0 Å². The SMILES string of the molecule is COc1ccccc1NCC(=O)N/N=C(\C)c1cccc(Br)c1. The molecule has 0 atom stereocenters. The zero-order valence-electron chi connectivity index (χ0n) is 13.0. The Morgan fingerprint density at radius 3 is 2.74 bits per heavy atom. The van der Waals surface area contributed by atoms with E-state index in [-0.39, 0.29) is 12.5 Å². The third-order valence-corrected chi connectivity index (χ3v) is 3.63. The minimum absolute atomic E-state index is 0.107. The molecule has 0 bridgehead atoms. The Hall–Kier alpha value is -2.34. The summed E-state index contributed by atoms with van der Waals surface area (Å²) in [5.41, 5.74) is 4.98. The monoisotopic (exact) mass is 375 g/mol. The molecule has 2 rings (SSSR count). The van der Waals surface area contributed by atoms with Crippen LogP contribution in [0.4, 0.5) is 5.69 Å². The summed E-state index contributed by atoms with van der Waals surface area (Å²) < 4.78 is 6.19. The van der Waals surface area contributed by atoms with Crippen molar-refractivity contribution in [3.63, 3.8) is 0 Å². The van der Waals surface area contributed by atoms with Gasteiger partial charge in [-0.05, 0) is 36.8 Å². The van der Waals surface area contributed by atoms with Crippen molar-refractivity contribution in [1.29, 1.82) is 0 Å². The molecule has 0 aromatic heterocycles. The first-order valence-electron chi connectivity index (χ1n) is 7.06. The fraction of sp³-hybridized carbons (Fsp3) is 0.176. The van der Waals surface area contributed by atoms with E-state index in [1.807, 2.05) is 55.5 Å². The molecule has 0 saturated heterocycles. The van der Waals surface area contributed by atoms with E-state index < -0.39 is 0 Å². The summed E-state index contributed by atoms with van der Waals surface area (Å²) in [6.07, 6.45) is 0. The fourth-order valence-electron chi connectivity index (χ4n) is 1.93. The maximum absolute atomic E-state index is 11.9. The third kappa shape index (κ3) is 5.10. The molecule has 0 saturated carbocycles. The second-order valence-electron chi connectivity index (χ2n) is 4.80. The number of halogens is 1. The number of para-hydroxylation sites is 2. The van der Waals surface area contributed by atoms with Crippen molar-refractivity contribution in [3.8, 4) is 5.75 Å². The third-order valence-electron chi connectivity index (χ3n) is 3.14. The Morgan fingerprint density at radius 2 is 2.00 bits per heavy atom. The Morgan fingerprint density at radius 1 is 1.22 bits per heavy atom. The maximum Gasteiger partial charge on any atom is 0.259 e. The van der Waals surface area contributed by atoms with E-state index in [4.69, 9.17) is 4.74 Å². The Kier molecular flexibility index (Phi) is 6.17. The summed E-state index contributed by atoms with van der Waals surface area (Å²) in [4.78, 5) is 11.9. The lowest BCUT2D eigenvalue weighted by Gasteiger charge is -2.10. The van der Waals surface area contributed by atoms with Gasteiger partial charge in [-0.2, -0.15) is 5.10 Å². The molecule has 23 heavy (non-hydrogen) atoms. The minimum Gasteiger partial charge on any atom is -0.495 e. The summed E-state index contributed by atoms with van der Waals surface area (Å²) in [5.74, 6) is 0.458. The van der Waals surface area contributed by atoms with E-state index in [2.05, 4.69) is 31.8 Å². The predicted octanol–water partition coefficient (Wildman–Crippen LogP) is 3.41. The number of carbonyl (C=O) groups excluding carboxylic acids is 1. The minimum atomic E-state index is -0.231. The number of anilines is 1. The number of amides is 1. The van der Waals surface area contributed by atoms with Gasteiger partial charge in [0.15, 0.2) is 0 Å². The topological polar surface area (TPSA) is 62.7 Å². The molecule has 0 spiro atoms. The lowest BCUT2D eigenvalue weighted by Crippen LogP contribution is -2.26. The van der Waals surface area contributed by atoms with E-state index >= 15 is 0 Å². The van der Waals surface area contributed by atoms with Crippen molar-refractivity contribution in [3.05, 3.63) is 58.6 Å². The smallest absolute Gasteiger partial charge is 0.259 e. The molecule has 2 N–H and O–H groups in total. The maximum atomic E-state index is 11.9. The van der Waals surface area contributed by atoms with Gasteiger partial charge in [0.2, 0.25) is 0 Å². The summed E-state index contributed by atoms with van der Waals surface area (Å²) in [5, 5.41) is 7.14. The number of nitrogens with zero attached hydrogens (tertiary/aromatic N) is 1. The van der Waals surface area contributed by atoms with Gasteiger partial charge < -0.3 is 10.1 Å². The zero-order chi connectivity index (χ0) is 16.7. The van der Waals surface area contributed by atoms with Gasteiger partial charge in [-0.25, -0.2) is 5.43 Å². The highest BCUT2D eigenvalue weighted by Gasteiger charge is 2.05. The normalized spacial score (nSPS) is 11.0. The Labute approximate surface area is 143 Å². The first-order valence-corrected chi connectivity index (χ1v) is 7.85. The van der Waals surface area contributed by atoms with E-state index in [9.17, 15) is 4.79 Å². The molecule has 0 fully saturated rings. The highest BCUT2D eigenvalue weighted by Crippen LogP contribution is 2.22. The fourth-order valence-corrected chi connectivity index (χ4v) is 2.33. The van der Waals surface area contributed by atoms with E-state index in [0.717, 1.165) is 21.4 Å². The lowest BCUT2D eigenvalue weighted by molar-refractivity contribution is -0.119. The van der Waals surface area contributed by atoms with E-state index in [0.29, 0.717) is 5.75 Å². The van der Waals surface area contributed by atoms with Gasteiger partial charge in [0, 0.05) is 4.47 Å². The van der Waals surface area contributed by atoms with Crippen LogP contribution < -0.4 is 15.5 Å². The average molecular weight is 376 g/mol. The number of methoxy groups -OCH3 is 1. The van der Waals surface area contributed by atoms with Crippen LogP contribution in [0.5, 0.6) is 5.75 Å². The largest absolute Gasteiger partial charge is 0.495 e. The van der Waals surface area contributed by atoms with Gasteiger partial charge in [0.05, 0.1) is 25.1 Å². The molecule has 6 heteroatoms. The quantitative estimate of drug-likeness (QED) is 0.600. The van der Waals surface area contributed by atoms with Gasteiger partial charge in [-0.3, -0.25) is 4.79 Å². The number of hydrazone groups is 1. The number of carbonyl (C=O) groups is 1. The Balaban J connectivity index is 1.91. The van der Waals surface area contributed by atoms with E-state index in [1.54, 1.807) is 7.11 Å². The molecular weight excluding hydrogens is 358 g/mol. The van der Waals surface area contributed by atoms with Crippen LogP contribution in [0.1, 0.15) is 12.5 Å². The Bertz CT molecular complexity index is 716. The van der Waals surface area contributed by atoms with Crippen molar-refractivity contribution in [1.82, 2.24) is 5.43 Å². The number of hydrogen-bond donors (Lipinski definition) is 2. The number of hydrogen-bond acceptors (Lipinski definition) is 4. The molecular formula is C17H18BrN3O2. The number of rotatable bonds is 6. The molecule has 0 radical (unpaired) electrons. The first-order chi connectivity index (χ1) is 11.1. The molecule has 0 aliphatic rings. The van der Waals surface area contributed by atoms with Crippen LogP contribution in [0.2, 0.25) is 0 Å². The molecule has 2 aromatic carbocycles. The van der Waals surface area contributed by atoms with E-state index in [1.165, 1.54) is 0 Å². The zero-order valence-corrected chi connectivity index (χ0v) is 14.6. The van der Waals surface area contributed by atoms with Crippen LogP contribution in [0.15, 0.2) is 58.1 Å². The summed E-state index contributed by atoms with van der Waals surface area (Å²) in [6.45, 7) is 1.95. The molecule has 0 aliphatic carbocycles. The van der Waals surface area contributed by atoms with Crippen molar-refractivity contribution < 1.29 is 9.53 Å². The second-order valence-corrected chi connectivity index (χ2v) is 5.71. The number of benzene rings is 2. The number of nitrogens with one attached hydrogen (secondary N) is 2. The molecule has 0 aliphatic heterocycles. The average Bonchev–Trinajstić information content (AvgIpc) is 2.58. The summed E-state index contributed by atoms with van der Waals surface area (Å²) in [6, 6.07) is 15.2. The predicted molar refractivity (Wildman–Crippen MR) is 96.0 cm³/mol. The molecule has 5 nitrogen and oxygen atoms in total. The second kappa shape index (κ2) is 8.33. The lowest BCUT2D eigenvalue weighted by atomic mass is 10.1. The van der Waals surface area contributed by atoms with Crippen LogP contribution in [-0.2, 0) is 4.79 Å². The van der Waals surface area contributed by atoms with Gasteiger partial charge in [0.1, 0.15) is 5.75 Å². The highest BCUT2D eigenvalue weighted by molar-refractivity contribution is 9.10. The van der Waals surface area contributed by atoms with Gasteiger partial charge in [-0.15, -0.1) is 0 Å². The van der Waals surface area contributed by atoms with Crippen LogP contribution >= 0.6 is 15.9 Å². The van der Waals surface area contributed by atoms with Crippen molar-refractivity contribution in [2.24, 2.45) is 5.10 Å². The van der Waals surface area contributed by atoms with Crippen LogP contribution in [-0.4, -0.2) is 25.3 Å². The molecule has 120 valence electrons. The van der Waals surface area contributed by atoms with Crippen molar-refractivity contribution in [2.45, 2.75) is 6.92 Å². The molecule has 2 aromatic rings. The first kappa shape index (κ1) is 17.0. The molecule has 0 unspecified atom stereocenters. The standard InChI is InChI=1S/C17H18BrN3O2/c1-12(13-6-5-7-14(18)10-13)20-21-17(22)11-19-15-8-3-4-9-16(15)23-2/h3-10,19H,11H2,1-2H3,(H,21,22)/b20-12+. The molecule has 0 heterocycles. The van der Waals surface area contributed by atoms with Crippen molar-refractivity contribution >= 4 is 33.2 Å². The summed E-state index contributed by atoms with van der Waals surface area (Å²) >= 11 is 3.41. The van der Waals surface area contributed by atoms with Crippen LogP contribution in [0, 0.1) is 0 Å². The molecule has 1 amide bonds.